The second kappa shape index (κ2) is 6.46. The molecule has 1 N–H and O–H groups in total. The fraction of sp³-hybridized carbons (Fsp3) is 0.941. The maximum atomic E-state index is 12.8. The van der Waals surface area contributed by atoms with Crippen LogP contribution >= 0.6 is 0 Å². The number of nitrogens with one attached hydrogen (secondary N) is 1. The molecule has 5 unspecified atom stereocenters. The number of rotatable bonds is 5. The van der Waals surface area contributed by atoms with Crippen molar-refractivity contribution < 1.29 is 4.79 Å². The molecule has 0 radical (unpaired) electrons. The van der Waals surface area contributed by atoms with Crippen LogP contribution in [-0.2, 0) is 4.79 Å². The summed E-state index contributed by atoms with van der Waals surface area (Å²) in [5.74, 6) is 2.28. The molecular formula is C17H32N2O. The lowest BCUT2D eigenvalue weighted by Crippen LogP contribution is -2.48. The summed E-state index contributed by atoms with van der Waals surface area (Å²) in [5, 5.41) is 3.60. The van der Waals surface area contributed by atoms with E-state index in [1.165, 1.54) is 19.3 Å². The Bertz CT molecular complexity index is 342. The summed E-state index contributed by atoms with van der Waals surface area (Å²) in [6.07, 6.45) is 6.00. The third kappa shape index (κ3) is 2.74. The van der Waals surface area contributed by atoms with Crippen LogP contribution in [0.3, 0.4) is 0 Å². The van der Waals surface area contributed by atoms with E-state index in [2.05, 4.69) is 44.8 Å². The Morgan fingerprint density at radius 1 is 1.30 bits per heavy atom. The van der Waals surface area contributed by atoms with E-state index in [0.717, 1.165) is 18.8 Å². The van der Waals surface area contributed by atoms with Crippen molar-refractivity contribution in [3.63, 3.8) is 0 Å². The Balaban J connectivity index is 2.17. The largest absolute Gasteiger partial charge is 0.322 e. The monoisotopic (exact) mass is 280 g/mol. The molecule has 2 aliphatic rings. The predicted molar refractivity (Wildman–Crippen MR) is 83.3 cm³/mol. The number of hydrogen-bond acceptors (Lipinski definition) is 2. The van der Waals surface area contributed by atoms with Gasteiger partial charge in [0.15, 0.2) is 0 Å². The molecule has 116 valence electrons. The molecule has 5 atom stereocenters. The Kier molecular flexibility index (Phi) is 5.11. The van der Waals surface area contributed by atoms with E-state index < -0.39 is 0 Å². The zero-order valence-electron chi connectivity index (χ0n) is 13.9. The Labute approximate surface area is 124 Å². The van der Waals surface area contributed by atoms with Gasteiger partial charge in [-0.3, -0.25) is 10.1 Å². The van der Waals surface area contributed by atoms with Gasteiger partial charge in [-0.05, 0) is 37.0 Å². The summed E-state index contributed by atoms with van der Waals surface area (Å²) in [6.45, 7) is 11.2. The van der Waals surface area contributed by atoms with Gasteiger partial charge < -0.3 is 4.90 Å². The van der Waals surface area contributed by atoms with Gasteiger partial charge in [0, 0.05) is 6.04 Å². The minimum atomic E-state index is 0.0558. The summed E-state index contributed by atoms with van der Waals surface area (Å²) in [5.41, 5.74) is 0. The summed E-state index contributed by atoms with van der Waals surface area (Å²) < 4.78 is 0. The molecule has 1 saturated heterocycles. The summed E-state index contributed by atoms with van der Waals surface area (Å²) in [4.78, 5) is 15.0. The molecule has 1 aliphatic carbocycles. The van der Waals surface area contributed by atoms with E-state index in [1.54, 1.807) is 0 Å². The normalized spacial score (nSPS) is 38.2. The van der Waals surface area contributed by atoms with E-state index >= 15 is 0 Å². The number of nitrogens with zero attached hydrogens (tertiary/aromatic N) is 1. The highest BCUT2D eigenvalue weighted by Crippen LogP contribution is 2.39. The van der Waals surface area contributed by atoms with Crippen molar-refractivity contribution in [2.45, 2.75) is 85.0 Å². The van der Waals surface area contributed by atoms with Gasteiger partial charge in [0.2, 0.25) is 5.91 Å². The van der Waals surface area contributed by atoms with Gasteiger partial charge in [-0.1, -0.05) is 47.5 Å². The fourth-order valence-corrected chi connectivity index (χ4v) is 4.25. The van der Waals surface area contributed by atoms with Gasteiger partial charge in [0.05, 0.1) is 12.2 Å². The average molecular weight is 280 g/mol. The van der Waals surface area contributed by atoms with Gasteiger partial charge in [0.25, 0.3) is 0 Å². The lowest BCUT2D eigenvalue weighted by Gasteiger charge is -2.35. The van der Waals surface area contributed by atoms with Crippen molar-refractivity contribution in [3.8, 4) is 0 Å². The topological polar surface area (TPSA) is 32.3 Å². The van der Waals surface area contributed by atoms with Gasteiger partial charge in [-0.2, -0.15) is 0 Å². The molecule has 0 spiro atoms. The Hall–Kier alpha value is -0.570. The Morgan fingerprint density at radius 2 is 2.00 bits per heavy atom. The highest BCUT2D eigenvalue weighted by molar-refractivity contribution is 5.84. The number of hydrogen-bond donors (Lipinski definition) is 1. The van der Waals surface area contributed by atoms with Crippen LogP contribution < -0.4 is 5.32 Å². The zero-order chi connectivity index (χ0) is 14.9. The molecular weight excluding hydrogens is 248 g/mol. The highest BCUT2D eigenvalue weighted by atomic mass is 16.2. The lowest BCUT2D eigenvalue weighted by molar-refractivity contribution is -0.133. The molecule has 1 saturated carbocycles. The van der Waals surface area contributed by atoms with Crippen LogP contribution in [0.1, 0.15) is 66.7 Å². The van der Waals surface area contributed by atoms with Crippen molar-refractivity contribution in [2.24, 2.45) is 17.8 Å². The molecule has 3 heteroatoms. The molecule has 20 heavy (non-hydrogen) atoms. The quantitative estimate of drug-likeness (QED) is 0.837. The second-order valence-corrected chi connectivity index (χ2v) is 7.11. The predicted octanol–water partition coefficient (Wildman–Crippen LogP) is 3.39. The van der Waals surface area contributed by atoms with Crippen LogP contribution in [0.25, 0.3) is 0 Å². The summed E-state index contributed by atoms with van der Waals surface area (Å²) >= 11 is 0. The molecule has 1 heterocycles. The van der Waals surface area contributed by atoms with Crippen LogP contribution in [0.4, 0.5) is 0 Å². The molecule has 2 fully saturated rings. The molecule has 0 aromatic rings. The highest BCUT2D eigenvalue weighted by Gasteiger charge is 2.47. The van der Waals surface area contributed by atoms with Crippen molar-refractivity contribution in [1.82, 2.24) is 10.2 Å². The van der Waals surface area contributed by atoms with Crippen LogP contribution in [0, 0.1) is 17.8 Å². The molecule has 2 rings (SSSR count). The molecule has 0 bridgehead atoms. The van der Waals surface area contributed by atoms with Gasteiger partial charge in [0.1, 0.15) is 0 Å². The van der Waals surface area contributed by atoms with E-state index in [9.17, 15) is 4.79 Å². The van der Waals surface area contributed by atoms with E-state index in [0.29, 0.717) is 23.8 Å². The number of amides is 1. The van der Waals surface area contributed by atoms with Crippen LogP contribution in [-0.4, -0.2) is 29.1 Å². The molecule has 0 aromatic carbocycles. The van der Waals surface area contributed by atoms with E-state index in [1.807, 2.05) is 0 Å². The molecule has 1 aliphatic heterocycles. The molecule has 0 aromatic heterocycles. The van der Waals surface area contributed by atoms with E-state index in [-0.39, 0.29) is 12.2 Å². The number of carbonyl (C=O) groups is 1. The minimum absolute atomic E-state index is 0.0558. The Morgan fingerprint density at radius 3 is 2.50 bits per heavy atom. The van der Waals surface area contributed by atoms with Gasteiger partial charge in [-0.25, -0.2) is 0 Å². The molecule has 3 nitrogen and oxygen atoms in total. The third-order valence-corrected chi connectivity index (χ3v) is 5.50. The minimum Gasteiger partial charge on any atom is -0.322 e. The standard InChI is InChI=1S/C17H32N2O/c1-6-8-14-17(20)19(16(18-14)11(3)4)15-10-9-13(7-2)12(15)5/h11-16,18H,6-10H2,1-5H3. The molecule has 1 amide bonds. The fourth-order valence-electron chi connectivity index (χ4n) is 4.25. The number of carbonyl (C=O) groups excluding carboxylic acids is 1. The van der Waals surface area contributed by atoms with Crippen LogP contribution in [0.15, 0.2) is 0 Å². The summed E-state index contributed by atoms with van der Waals surface area (Å²) in [7, 11) is 0. The zero-order valence-corrected chi connectivity index (χ0v) is 13.9. The summed E-state index contributed by atoms with van der Waals surface area (Å²) in [6, 6.07) is 0.509. The van der Waals surface area contributed by atoms with Crippen molar-refractivity contribution in [2.75, 3.05) is 0 Å². The third-order valence-electron chi connectivity index (χ3n) is 5.50. The van der Waals surface area contributed by atoms with E-state index in [4.69, 9.17) is 0 Å². The second-order valence-electron chi connectivity index (χ2n) is 7.11. The maximum Gasteiger partial charge on any atom is 0.241 e. The smallest absolute Gasteiger partial charge is 0.241 e. The van der Waals surface area contributed by atoms with Crippen molar-refractivity contribution in [3.05, 3.63) is 0 Å². The van der Waals surface area contributed by atoms with Crippen molar-refractivity contribution >= 4 is 5.91 Å². The maximum absolute atomic E-state index is 12.8. The lowest BCUT2D eigenvalue weighted by atomic mass is 9.92. The first kappa shape index (κ1) is 15.8. The first-order chi connectivity index (χ1) is 9.51. The van der Waals surface area contributed by atoms with Crippen LogP contribution in [0.2, 0.25) is 0 Å². The van der Waals surface area contributed by atoms with Gasteiger partial charge >= 0.3 is 0 Å². The average Bonchev–Trinajstić information content (AvgIpc) is 2.92. The first-order valence-electron chi connectivity index (χ1n) is 8.59. The SMILES string of the molecule is CCCC1NC(C(C)C)N(C2CCC(CC)C2C)C1=O. The van der Waals surface area contributed by atoms with Crippen molar-refractivity contribution in [1.29, 1.82) is 0 Å². The van der Waals surface area contributed by atoms with Crippen LogP contribution in [0.5, 0.6) is 0 Å². The first-order valence-corrected chi connectivity index (χ1v) is 8.59. The van der Waals surface area contributed by atoms with Gasteiger partial charge in [-0.15, -0.1) is 0 Å².